The molecule has 0 saturated carbocycles. The molecule has 0 unspecified atom stereocenters. The number of piperazine rings is 1. The molecular formula is C17H24N6O2S. The number of hydrogen-bond donors (Lipinski definition) is 2. The van der Waals surface area contributed by atoms with E-state index in [2.05, 4.69) is 31.7 Å². The predicted octanol–water partition coefficient (Wildman–Crippen LogP) is 1.43. The zero-order valence-electron chi connectivity index (χ0n) is 14.9. The summed E-state index contributed by atoms with van der Waals surface area (Å²) in [6.07, 6.45) is 1.67. The van der Waals surface area contributed by atoms with Crippen LogP contribution >= 0.6 is 11.8 Å². The average molecular weight is 376 g/mol. The molecule has 1 aliphatic rings. The summed E-state index contributed by atoms with van der Waals surface area (Å²) in [5, 5.41) is 14.1. The number of hydrogen-bond acceptors (Lipinski definition) is 6. The second kappa shape index (κ2) is 9.44. The van der Waals surface area contributed by atoms with Crippen LogP contribution in [-0.4, -0.2) is 76.8 Å². The first-order chi connectivity index (χ1) is 12.8. The van der Waals surface area contributed by atoms with Crippen molar-refractivity contribution in [1.29, 1.82) is 0 Å². The summed E-state index contributed by atoms with van der Waals surface area (Å²) in [5.41, 5.74) is 1.18. The highest BCUT2D eigenvalue weighted by Crippen LogP contribution is 2.20. The van der Waals surface area contributed by atoms with Crippen molar-refractivity contribution in [2.45, 2.75) is 11.6 Å². The molecule has 2 aromatic rings. The largest absolute Gasteiger partial charge is 0.496 e. The summed E-state index contributed by atoms with van der Waals surface area (Å²) >= 11 is 1.56. The van der Waals surface area contributed by atoms with E-state index < -0.39 is 0 Å². The van der Waals surface area contributed by atoms with Gasteiger partial charge in [-0.2, -0.15) is 10.3 Å². The third-order valence-electron chi connectivity index (χ3n) is 4.27. The highest BCUT2D eigenvalue weighted by molar-refractivity contribution is 7.99. The molecule has 1 saturated heterocycles. The first-order valence-corrected chi connectivity index (χ1v) is 9.60. The van der Waals surface area contributed by atoms with E-state index in [4.69, 9.17) is 4.74 Å². The highest BCUT2D eigenvalue weighted by atomic mass is 32.2. The molecule has 2 N–H and O–H groups in total. The molecule has 0 radical (unpaired) electrons. The number of amides is 2. The standard InChI is InChI=1S/C17H24N6O2S/c1-25-15-5-3-2-4-14(15)13-22-7-9-23(10-8-22)17(24)18-6-11-26-16-12-19-21-20-16/h2-5,12H,6-11,13H2,1H3,(H,18,24)(H,19,20,21). The molecule has 0 aliphatic carbocycles. The molecule has 1 aromatic heterocycles. The van der Waals surface area contributed by atoms with Gasteiger partial charge >= 0.3 is 6.03 Å². The maximum atomic E-state index is 12.3. The number of nitrogens with one attached hydrogen (secondary N) is 2. The van der Waals surface area contributed by atoms with Crippen LogP contribution in [0, 0.1) is 0 Å². The number of rotatable bonds is 7. The summed E-state index contributed by atoms with van der Waals surface area (Å²) in [6.45, 7) is 4.64. The number of carbonyl (C=O) groups is 1. The van der Waals surface area contributed by atoms with E-state index in [-0.39, 0.29) is 6.03 Å². The summed E-state index contributed by atoms with van der Waals surface area (Å²) in [6, 6.07) is 8.08. The fraction of sp³-hybridized carbons (Fsp3) is 0.471. The molecule has 1 aromatic carbocycles. The Morgan fingerprint density at radius 2 is 2.12 bits per heavy atom. The maximum Gasteiger partial charge on any atom is 0.317 e. The highest BCUT2D eigenvalue weighted by Gasteiger charge is 2.21. The third-order valence-corrected chi connectivity index (χ3v) is 5.17. The Bertz CT molecular complexity index is 688. The van der Waals surface area contributed by atoms with Crippen LogP contribution in [0.1, 0.15) is 5.56 Å². The zero-order chi connectivity index (χ0) is 18.2. The fourth-order valence-corrected chi connectivity index (χ4v) is 3.52. The van der Waals surface area contributed by atoms with Gasteiger partial charge < -0.3 is 15.0 Å². The first kappa shape index (κ1) is 18.5. The third kappa shape index (κ3) is 5.12. The molecule has 1 fully saturated rings. The van der Waals surface area contributed by atoms with Gasteiger partial charge in [0.05, 0.1) is 13.3 Å². The van der Waals surface area contributed by atoms with Gasteiger partial charge in [0.2, 0.25) is 0 Å². The molecule has 9 heteroatoms. The van der Waals surface area contributed by atoms with Crippen molar-refractivity contribution in [3.8, 4) is 5.75 Å². The normalized spacial score (nSPS) is 15.0. The Morgan fingerprint density at radius 1 is 1.31 bits per heavy atom. The quantitative estimate of drug-likeness (QED) is 0.562. The number of H-pyrrole nitrogens is 1. The van der Waals surface area contributed by atoms with E-state index in [1.807, 2.05) is 23.1 Å². The van der Waals surface area contributed by atoms with E-state index in [1.54, 1.807) is 25.1 Å². The molecule has 1 aliphatic heterocycles. The number of para-hydroxylation sites is 1. The molecule has 0 spiro atoms. The van der Waals surface area contributed by atoms with Crippen molar-refractivity contribution in [3.63, 3.8) is 0 Å². The van der Waals surface area contributed by atoms with E-state index in [9.17, 15) is 4.79 Å². The molecule has 0 bridgehead atoms. The van der Waals surface area contributed by atoms with Crippen molar-refractivity contribution in [2.75, 3.05) is 45.6 Å². The van der Waals surface area contributed by atoms with Crippen LogP contribution in [0.3, 0.4) is 0 Å². The molecule has 2 heterocycles. The van der Waals surface area contributed by atoms with E-state index in [0.29, 0.717) is 6.54 Å². The summed E-state index contributed by atoms with van der Waals surface area (Å²) in [5.74, 6) is 1.68. The zero-order valence-corrected chi connectivity index (χ0v) is 15.7. The van der Waals surface area contributed by atoms with Crippen molar-refractivity contribution in [3.05, 3.63) is 36.0 Å². The Kier molecular flexibility index (Phi) is 6.73. The number of thioether (sulfide) groups is 1. The van der Waals surface area contributed by atoms with Gasteiger partial charge in [-0.05, 0) is 6.07 Å². The average Bonchev–Trinajstić information content (AvgIpc) is 3.19. The smallest absolute Gasteiger partial charge is 0.317 e. The molecule has 3 rings (SSSR count). The molecule has 2 amide bonds. The van der Waals surface area contributed by atoms with Gasteiger partial charge in [-0.3, -0.25) is 4.90 Å². The Hall–Kier alpha value is -2.26. The minimum absolute atomic E-state index is 0.00249. The van der Waals surface area contributed by atoms with Crippen LogP contribution in [0.15, 0.2) is 35.5 Å². The lowest BCUT2D eigenvalue weighted by atomic mass is 10.1. The number of aromatic amines is 1. The van der Waals surface area contributed by atoms with Crippen molar-refractivity contribution in [1.82, 2.24) is 30.5 Å². The lowest BCUT2D eigenvalue weighted by Gasteiger charge is -2.34. The van der Waals surface area contributed by atoms with E-state index in [1.165, 1.54) is 5.56 Å². The van der Waals surface area contributed by atoms with Gasteiger partial charge in [0, 0.05) is 50.6 Å². The van der Waals surface area contributed by atoms with Crippen LogP contribution in [-0.2, 0) is 6.54 Å². The van der Waals surface area contributed by atoms with Crippen molar-refractivity contribution < 1.29 is 9.53 Å². The van der Waals surface area contributed by atoms with Gasteiger partial charge in [0.15, 0.2) is 0 Å². The number of aromatic nitrogens is 3. The van der Waals surface area contributed by atoms with Gasteiger partial charge in [-0.15, -0.1) is 16.9 Å². The number of urea groups is 1. The molecule has 0 atom stereocenters. The van der Waals surface area contributed by atoms with Crippen LogP contribution in [0.2, 0.25) is 0 Å². The van der Waals surface area contributed by atoms with Crippen molar-refractivity contribution >= 4 is 17.8 Å². The number of ether oxygens (including phenoxy) is 1. The Balaban J connectivity index is 1.37. The number of nitrogens with zero attached hydrogens (tertiary/aromatic N) is 4. The van der Waals surface area contributed by atoms with Crippen LogP contribution < -0.4 is 10.1 Å². The van der Waals surface area contributed by atoms with E-state index >= 15 is 0 Å². The maximum absolute atomic E-state index is 12.3. The lowest BCUT2D eigenvalue weighted by Crippen LogP contribution is -2.51. The van der Waals surface area contributed by atoms with Crippen LogP contribution in [0.25, 0.3) is 0 Å². The van der Waals surface area contributed by atoms with Gasteiger partial charge in [-0.1, -0.05) is 18.2 Å². The fourth-order valence-electron chi connectivity index (χ4n) is 2.87. The van der Waals surface area contributed by atoms with Gasteiger partial charge in [-0.25, -0.2) is 4.79 Å². The van der Waals surface area contributed by atoms with Gasteiger partial charge in [0.25, 0.3) is 0 Å². The number of carbonyl (C=O) groups excluding carboxylic acids is 1. The van der Waals surface area contributed by atoms with Crippen LogP contribution in [0.4, 0.5) is 4.79 Å². The molecular weight excluding hydrogens is 352 g/mol. The molecule has 26 heavy (non-hydrogen) atoms. The topological polar surface area (TPSA) is 86.4 Å². The minimum atomic E-state index is 0.00249. The molecule has 8 nitrogen and oxygen atoms in total. The Morgan fingerprint density at radius 3 is 2.85 bits per heavy atom. The van der Waals surface area contributed by atoms with Gasteiger partial charge in [0.1, 0.15) is 10.8 Å². The summed E-state index contributed by atoms with van der Waals surface area (Å²) in [7, 11) is 1.70. The lowest BCUT2D eigenvalue weighted by molar-refractivity contribution is 0.135. The summed E-state index contributed by atoms with van der Waals surface area (Å²) in [4.78, 5) is 16.5. The monoisotopic (exact) mass is 376 g/mol. The first-order valence-electron chi connectivity index (χ1n) is 8.62. The van der Waals surface area contributed by atoms with E-state index in [0.717, 1.165) is 49.3 Å². The molecule has 140 valence electrons. The van der Waals surface area contributed by atoms with Crippen molar-refractivity contribution in [2.24, 2.45) is 0 Å². The second-order valence-corrected chi connectivity index (χ2v) is 7.08. The number of methoxy groups -OCH3 is 1. The predicted molar refractivity (Wildman–Crippen MR) is 100 cm³/mol. The number of benzene rings is 1. The summed E-state index contributed by atoms with van der Waals surface area (Å²) < 4.78 is 5.41. The van der Waals surface area contributed by atoms with Crippen LogP contribution in [0.5, 0.6) is 5.75 Å². The Labute approximate surface area is 157 Å². The minimum Gasteiger partial charge on any atom is -0.496 e. The second-order valence-electron chi connectivity index (χ2n) is 5.96. The SMILES string of the molecule is COc1ccccc1CN1CCN(C(=O)NCCSc2cn[nH]n2)CC1.